The molecule has 38 heavy (non-hydrogen) atoms. The van der Waals surface area contributed by atoms with Crippen molar-refractivity contribution in [2.45, 2.75) is 0 Å². The minimum absolute atomic E-state index is 0.0540. The van der Waals surface area contributed by atoms with Gasteiger partial charge < -0.3 is 10.6 Å². The van der Waals surface area contributed by atoms with E-state index in [0.29, 0.717) is 27.4 Å². The van der Waals surface area contributed by atoms with Crippen molar-refractivity contribution in [3.8, 4) is 0 Å². The van der Waals surface area contributed by atoms with E-state index in [1.807, 2.05) is 24.3 Å². The zero-order chi connectivity index (χ0) is 26.9. The molecule has 0 radical (unpaired) electrons. The molecule has 0 saturated heterocycles. The topological polar surface area (TPSA) is 75.3 Å². The number of rotatable bonds is 8. The van der Waals surface area contributed by atoms with Gasteiger partial charge in [-0.05, 0) is 83.9 Å². The lowest BCUT2D eigenvalue weighted by Gasteiger charge is -2.12. The number of halogens is 2. The maximum atomic E-state index is 13.2. The van der Waals surface area contributed by atoms with E-state index >= 15 is 0 Å². The van der Waals surface area contributed by atoms with Crippen molar-refractivity contribution in [1.82, 2.24) is 5.32 Å². The predicted octanol–water partition coefficient (Wildman–Crippen LogP) is 7.41. The summed E-state index contributed by atoms with van der Waals surface area (Å²) in [6.45, 7) is 0. The van der Waals surface area contributed by atoms with Crippen LogP contribution in [0.4, 0.5) is 5.69 Å². The van der Waals surface area contributed by atoms with E-state index in [4.69, 9.17) is 11.6 Å². The maximum absolute atomic E-state index is 13.2. The molecule has 0 fully saturated rings. The van der Waals surface area contributed by atoms with E-state index in [2.05, 4.69) is 26.6 Å². The molecule has 4 aromatic rings. The second kappa shape index (κ2) is 12.8. The normalized spacial score (nSPS) is 11.3. The minimum atomic E-state index is -0.516. The van der Waals surface area contributed by atoms with E-state index in [9.17, 15) is 14.4 Å². The number of ketones is 1. The second-order valence-corrected chi connectivity index (χ2v) is 9.57. The summed E-state index contributed by atoms with van der Waals surface area (Å²) >= 11 is 9.39. The van der Waals surface area contributed by atoms with Gasteiger partial charge in [-0.25, -0.2) is 0 Å². The molecule has 0 spiro atoms. The first kappa shape index (κ1) is 26.8. The molecular weight excluding hydrogens is 564 g/mol. The summed E-state index contributed by atoms with van der Waals surface area (Å²) in [4.78, 5) is 38.5. The standard InChI is InChI=1S/C31H22BrClN2O3/c32-25-8-4-5-21(19-25)11-18-29(36)23-12-16-27(17-13-23)34-31(38)28(20-22-9-14-26(33)15-10-22)35-30(37)24-6-2-1-3-7-24/h1-20H,(H,34,38)(H,35,37)/b18-11+,28-20-. The van der Waals surface area contributed by atoms with E-state index in [0.717, 1.165) is 10.0 Å². The Kier molecular flexibility index (Phi) is 9.03. The summed E-state index contributed by atoms with van der Waals surface area (Å²) in [5, 5.41) is 6.03. The highest BCUT2D eigenvalue weighted by Gasteiger charge is 2.15. The second-order valence-electron chi connectivity index (χ2n) is 8.21. The van der Waals surface area contributed by atoms with E-state index in [1.54, 1.807) is 91.0 Å². The summed E-state index contributed by atoms with van der Waals surface area (Å²) < 4.78 is 0.927. The minimum Gasteiger partial charge on any atom is -0.321 e. The third-order valence-electron chi connectivity index (χ3n) is 5.41. The van der Waals surface area contributed by atoms with Gasteiger partial charge >= 0.3 is 0 Å². The largest absolute Gasteiger partial charge is 0.321 e. The van der Waals surface area contributed by atoms with Gasteiger partial charge in [-0.3, -0.25) is 14.4 Å². The number of hydrogen-bond donors (Lipinski definition) is 2. The van der Waals surface area contributed by atoms with Crippen LogP contribution in [0.15, 0.2) is 119 Å². The van der Waals surface area contributed by atoms with Gasteiger partial charge in [-0.15, -0.1) is 0 Å². The number of benzene rings is 4. The number of nitrogens with one attached hydrogen (secondary N) is 2. The highest BCUT2D eigenvalue weighted by molar-refractivity contribution is 9.10. The van der Waals surface area contributed by atoms with Gasteiger partial charge in [0.05, 0.1) is 0 Å². The zero-order valence-corrected chi connectivity index (χ0v) is 22.4. The van der Waals surface area contributed by atoms with Gasteiger partial charge in [0.2, 0.25) is 0 Å². The predicted molar refractivity (Wildman–Crippen MR) is 156 cm³/mol. The van der Waals surface area contributed by atoms with Crippen molar-refractivity contribution in [3.05, 3.63) is 147 Å². The Labute approximate surface area is 234 Å². The Morgan fingerprint density at radius 2 is 1.45 bits per heavy atom. The molecule has 0 unspecified atom stereocenters. The Morgan fingerprint density at radius 1 is 0.737 bits per heavy atom. The van der Waals surface area contributed by atoms with Gasteiger partial charge in [0.25, 0.3) is 11.8 Å². The lowest BCUT2D eigenvalue weighted by molar-refractivity contribution is -0.113. The van der Waals surface area contributed by atoms with Crippen LogP contribution in [0.1, 0.15) is 31.8 Å². The lowest BCUT2D eigenvalue weighted by atomic mass is 10.1. The first-order valence-electron chi connectivity index (χ1n) is 11.6. The van der Waals surface area contributed by atoms with Crippen LogP contribution in [0.5, 0.6) is 0 Å². The first-order valence-corrected chi connectivity index (χ1v) is 12.8. The van der Waals surface area contributed by atoms with E-state index in [1.165, 1.54) is 6.08 Å². The molecule has 0 saturated carbocycles. The van der Waals surface area contributed by atoms with Crippen LogP contribution in [0.2, 0.25) is 5.02 Å². The molecule has 5 nitrogen and oxygen atoms in total. The Morgan fingerprint density at radius 3 is 2.13 bits per heavy atom. The number of hydrogen-bond acceptors (Lipinski definition) is 3. The quantitative estimate of drug-likeness (QED) is 0.167. The zero-order valence-electron chi connectivity index (χ0n) is 20.0. The van der Waals surface area contributed by atoms with Crippen LogP contribution in [-0.4, -0.2) is 17.6 Å². The van der Waals surface area contributed by atoms with E-state index < -0.39 is 11.8 Å². The smallest absolute Gasteiger partial charge is 0.272 e. The average Bonchev–Trinajstić information content (AvgIpc) is 2.93. The number of allylic oxidation sites excluding steroid dienone is 1. The molecule has 0 aliphatic heterocycles. The molecule has 0 aromatic heterocycles. The van der Waals surface area contributed by atoms with Gasteiger partial charge in [-0.1, -0.05) is 76.1 Å². The third kappa shape index (κ3) is 7.62. The molecule has 2 N–H and O–H groups in total. The first-order chi connectivity index (χ1) is 18.4. The molecule has 0 bridgehead atoms. The number of carbonyl (C=O) groups is 3. The van der Waals surface area contributed by atoms with Gasteiger partial charge in [0.1, 0.15) is 5.70 Å². The number of anilines is 1. The monoisotopic (exact) mass is 584 g/mol. The Hall–Kier alpha value is -4.26. The van der Waals surface area contributed by atoms with Crippen LogP contribution in [0.25, 0.3) is 12.2 Å². The fraction of sp³-hybridized carbons (Fsp3) is 0. The molecule has 0 heterocycles. The van der Waals surface area contributed by atoms with Gasteiger partial charge in [0, 0.05) is 26.3 Å². The fourth-order valence-electron chi connectivity index (χ4n) is 3.46. The van der Waals surface area contributed by atoms with Crippen molar-refractivity contribution in [2.75, 3.05) is 5.32 Å². The van der Waals surface area contributed by atoms with Crippen LogP contribution in [-0.2, 0) is 4.79 Å². The van der Waals surface area contributed by atoms with Crippen molar-refractivity contribution < 1.29 is 14.4 Å². The summed E-state index contributed by atoms with van der Waals surface area (Å²) in [5.74, 6) is -1.10. The summed E-state index contributed by atoms with van der Waals surface area (Å²) in [5.41, 5.74) is 3.00. The van der Waals surface area contributed by atoms with Crippen LogP contribution >= 0.6 is 27.5 Å². The van der Waals surface area contributed by atoms with Gasteiger partial charge in [0.15, 0.2) is 5.78 Å². The molecule has 0 atom stereocenters. The van der Waals surface area contributed by atoms with Crippen molar-refractivity contribution in [1.29, 1.82) is 0 Å². The molecule has 0 aliphatic rings. The van der Waals surface area contributed by atoms with Gasteiger partial charge in [-0.2, -0.15) is 0 Å². The molecule has 4 rings (SSSR count). The molecule has 2 amide bonds. The summed E-state index contributed by atoms with van der Waals surface area (Å²) in [6.07, 6.45) is 4.81. The van der Waals surface area contributed by atoms with Crippen LogP contribution in [0, 0.1) is 0 Å². The average molecular weight is 586 g/mol. The molecule has 0 aliphatic carbocycles. The van der Waals surface area contributed by atoms with Crippen molar-refractivity contribution in [2.24, 2.45) is 0 Å². The third-order valence-corrected chi connectivity index (χ3v) is 6.16. The van der Waals surface area contributed by atoms with E-state index in [-0.39, 0.29) is 11.5 Å². The molecule has 4 aromatic carbocycles. The number of carbonyl (C=O) groups excluding carboxylic acids is 3. The summed E-state index contributed by atoms with van der Waals surface area (Å²) in [7, 11) is 0. The molecule has 7 heteroatoms. The summed E-state index contributed by atoms with van der Waals surface area (Å²) in [6, 6.07) is 29.6. The van der Waals surface area contributed by atoms with Crippen molar-refractivity contribution >= 4 is 63.0 Å². The fourth-order valence-corrected chi connectivity index (χ4v) is 4.01. The molecular formula is C31H22BrClN2O3. The SMILES string of the molecule is O=C(Nc1ccc(C(=O)/C=C/c2cccc(Br)c2)cc1)/C(=C/c1ccc(Cl)cc1)NC(=O)c1ccccc1. The van der Waals surface area contributed by atoms with Crippen LogP contribution in [0.3, 0.4) is 0 Å². The van der Waals surface area contributed by atoms with Crippen LogP contribution < -0.4 is 10.6 Å². The Bertz CT molecular complexity index is 1510. The lowest BCUT2D eigenvalue weighted by Crippen LogP contribution is -2.30. The van der Waals surface area contributed by atoms with Crippen molar-refractivity contribution in [3.63, 3.8) is 0 Å². The maximum Gasteiger partial charge on any atom is 0.272 e. The molecule has 188 valence electrons. The highest BCUT2D eigenvalue weighted by Crippen LogP contribution is 2.17. The number of amides is 2. The Balaban J connectivity index is 1.49. The highest BCUT2D eigenvalue weighted by atomic mass is 79.9.